The quantitative estimate of drug-likeness (QED) is 0.648. The van der Waals surface area contributed by atoms with E-state index in [1.54, 1.807) is 18.2 Å². The number of benzene rings is 1. The molecule has 0 aliphatic carbocycles. The van der Waals surface area contributed by atoms with E-state index < -0.39 is 4.92 Å². The molecule has 0 fully saturated rings. The van der Waals surface area contributed by atoms with E-state index in [0.29, 0.717) is 12.2 Å². The molecule has 0 aliphatic heterocycles. The highest BCUT2D eigenvalue weighted by Crippen LogP contribution is 2.23. The van der Waals surface area contributed by atoms with Crippen molar-refractivity contribution in [3.8, 4) is 0 Å². The molecule has 5 nitrogen and oxygen atoms in total. The summed E-state index contributed by atoms with van der Waals surface area (Å²) in [4.78, 5) is 10.4. The lowest BCUT2D eigenvalue weighted by Crippen LogP contribution is -2.01. The average Bonchev–Trinajstić information content (AvgIpc) is 2.84. The summed E-state index contributed by atoms with van der Waals surface area (Å²) in [6, 6.07) is 10.3. The molecule has 0 aliphatic rings. The van der Waals surface area contributed by atoms with E-state index in [1.807, 2.05) is 19.1 Å². The van der Waals surface area contributed by atoms with Crippen LogP contribution in [-0.2, 0) is 13.0 Å². The van der Waals surface area contributed by atoms with Gasteiger partial charge in [0, 0.05) is 12.5 Å². The molecular weight excluding hydrogens is 232 g/mol. The Kier molecular flexibility index (Phi) is 3.62. The normalized spacial score (nSPS) is 10.3. The Labute approximate surface area is 105 Å². The lowest BCUT2D eigenvalue weighted by atomic mass is 10.2. The lowest BCUT2D eigenvalue weighted by Gasteiger charge is -2.04. The third-order valence-electron chi connectivity index (χ3n) is 2.62. The summed E-state index contributed by atoms with van der Waals surface area (Å²) < 4.78 is 5.52. The van der Waals surface area contributed by atoms with Crippen LogP contribution in [0.2, 0.25) is 0 Å². The van der Waals surface area contributed by atoms with Gasteiger partial charge in [-0.1, -0.05) is 19.1 Å². The number of nitrogens with one attached hydrogen (secondary N) is 1. The van der Waals surface area contributed by atoms with Crippen molar-refractivity contribution in [1.29, 1.82) is 0 Å². The number of para-hydroxylation sites is 2. The molecule has 0 saturated carbocycles. The summed E-state index contributed by atoms with van der Waals surface area (Å²) in [5.74, 6) is 1.68. The fourth-order valence-electron chi connectivity index (χ4n) is 1.67. The van der Waals surface area contributed by atoms with Gasteiger partial charge in [-0.05, 0) is 18.2 Å². The van der Waals surface area contributed by atoms with Gasteiger partial charge in [-0.25, -0.2) is 0 Å². The second kappa shape index (κ2) is 5.35. The SMILES string of the molecule is CCc1ccc(CNc2ccccc2[N+](=O)[O-])o1. The van der Waals surface area contributed by atoms with Gasteiger partial charge in [0.15, 0.2) is 0 Å². The first-order valence-electron chi connectivity index (χ1n) is 5.75. The van der Waals surface area contributed by atoms with Gasteiger partial charge in [-0.15, -0.1) is 0 Å². The van der Waals surface area contributed by atoms with Gasteiger partial charge in [-0.2, -0.15) is 0 Å². The van der Waals surface area contributed by atoms with Crippen molar-refractivity contribution in [2.45, 2.75) is 19.9 Å². The van der Waals surface area contributed by atoms with Gasteiger partial charge >= 0.3 is 0 Å². The van der Waals surface area contributed by atoms with Crippen LogP contribution in [0, 0.1) is 10.1 Å². The fourth-order valence-corrected chi connectivity index (χ4v) is 1.67. The Morgan fingerprint density at radius 3 is 2.61 bits per heavy atom. The largest absolute Gasteiger partial charge is 0.464 e. The second-order valence-corrected chi connectivity index (χ2v) is 3.85. The first-order valence-corrected chi connectivity index (χ1v) is 5.75. The molecular formula is C13H14N2O3. The maximum absolute atomic E-state index is 10.8. The third kappa shape index (κ3) is 2.68. The predicted octanol–water partition coefficient (Wildman–Crippen LogP) is 3.36. The molecule has 1 aromatic carbocycles. The molecule has 2 aromatic rings. The van der Waals surface area contributed by atoms with Crippen LogP contribution in [-0.4, -0.2) is 4.92 Å². The van der Waals surface area contributed by atoms with Gasteiger partial charge in [0.1, 0.15) is 17.2 Å². The molecule has 18 heavy (non-hydrogen) atoms. The number of anilines is 1. The van der Waals surface area contributed by atoms with Gasteiger partial charge in [0.2, 0.25) is 0 Å². The highest BCUT2D eigenvalue weighted by molar-refractivity contribution is 5.61. The van der Waals surface area contributed by atoms with Crippen LogP contribution < -0.4 is 5.32 Å². The second-order valence-electron chi connectivity index (χ2n) is 3.85. The molecule has 0 saturated heterocycles. The van der Waals surface area contributed by atoms with Gasteiger partial charge in [-0.3, -0.25) is 10.1 Å². The highest BCUT2D eigenvalue weighted by atomic mass is 16.6. The molecule has 0 amide bonds. The molecule has 94 valence electrons. The third-order valence-corrected chi connectivity index (χ3v) is 2.62. The highest BCUT2D eigenvalue weighted by Gasteiger charge is 2.12. The topological polar surface area (TPSA) is 68.3 Å². The van der Waals surface area contributed by atoms with E-state index in [-0.39, 0.29) is 5.69 Å². The fraction of sp³-hybridized carbons (Fsp3) is 0.231. The summed E-state index contributed by atoms with van der Waals surface area (Å²) in [6.07, 6.45) is 0.839. The van der Waals surface area contributed by atoms with Crippen molar-refractivity contribution < 1.29 is 9.34 Å². The van der Waals surface area contributed by atoms with E-state index in [9.17, 15) is 10.1 Å². The molecule has 1 aromatic heterocycles. The first kappa shape index (κ1) is 12.2. The van der Waals surface area contributed by atoms with E-state index in [0.717, 1.165) is 17.9 Å². The minimum Gasteiger partial charge on any atom is -0.464 e. The number of nitrogens with zero attached hydrogens (tertiary/aromatic N) is 1. The Hall–Kier alpha value is -2.30. The Morgan fingerprint density at radius 2 is 1.94 bits per heavy atom. The minimum atomic E-state index is -0.401. The maximum Gasteiger partial charge on any atom is 0.292 e. The van der Waals surface area contributed by atoms with E-state index >= 15 is 0 Å². The van der Waals surface area contributed by atoms with Gasteiger partial charge < -0.3 is 9.73 Å². The number of hydrogen-bond donors (Lipinski definition) is 1. The lowest BCUT2D eigenvalue weighted by molar-refractivity contribution is -0.384. The van der Waals surface area contributed by atoms with E-state index in [1.165, 1.54) is 6.07 Å². The van der Waals surface area contributed by atoms with E-state index in [4.69, 9.17) is 4.42 Å². The number of rotatable bonds is 5. The van der Waals surface area contributed by atoms with Gasteiger partial charge in [0.25, 0.3) is 5.69 Å². The first-order chi connectivity index (χ1) is 8.70. The monoisotopic (exact) mass is 246 g/mol. The van der Waals surface area contributed by atoms with Crippen LogP contribution >= 0.6 is 0 Å². The van der Waals surface area contributed by atoms with Crippen molar-refractivity contribution in [3.63, 3.8) is 0 Å². The van der Waals surface area contributed by atoms with Crippen LogP contribution in [0.5, 0.6) is 0 Å². The number of nitro groups is 1. The van der Waals surface area contributed by atoms with Crippen molar-refractivity contribution in [1.82, 2.24) is 0 Å². The maximum atomic E-state index is 10.8. The Bertz CT molecular complexity index is 549. The number of nitro benzene ring substituents is 1. The Balaban J connectivity index is 2.08. The van der Waals surface area contributed by atoms with Crippen LogP contribution in [0.4, 0.5) is 11.4 Å². The average molecular weight is 246 g/mol. The molecule has 5 heteroatoms. The minimum absolute atomic E-state index is 0.0692. The predicted molar refractivity (Wildman–Crippen MR) is 68.5 cm³/mol. The molecule has 0 unspecified atom stereocenters. The molecule has 2 rings (SSSR count). The van der Waals surface area contributed by atoms with Crippen molar-refractivity contribution in [3.05, 3.63) is 58.0 Å². The summed E-state index contributed by atoms with van der Waals surface area (Å²) in [6.45, 7) is 2.45. The van der Waals surface area contributed by atoms with Crippen molar-refractivity contribution in [2.24, 2.45) is 0 Å². The van der Waals surface area contributed by atoms with Crippen molar-refractivity contribution >= 4 is 11.4 Å². The molecule has 1 N–H and O–H groups in total. The van der Waals surface area contributed by atoms with Gasteiger partial charge in [0.05, 0.1) is 11.5 Å². The summed E-state index contributed by atoms with van der Waals surface area (Å²) in [5.41, 5.74) is 0.566. The molecule has 1 heterocycles. The van der Waals surface area contributed by atoms with Crippen molar-refractivity contribution in [2.75, 3.05) is 5.32 Å². The van der Waals surface area contributed by atoms with Crippen LogP contribution in [0.1, 0.15) is 18.4 Å². The zero-order valence-electron chi connectivity index (χ0n) is 10.1. The molecule has 0 spiro atoms. The summed E-state index contributed by atoms with van der Waals surface area (Å²) >= 11 is 0. The van der Waals surface area contributed by atoms with Crippen LogP contribution in [0.15, 0.2) is 40.8 Å². The zero-order chi connectivity index (χ0) is 13.0. The number of furan rings is 1. The number of hydrogen-bond acceptors (Lipinski definition) is 4. The summed E-state index contributed by atoms with van der Waals surface area (Å²) in [7, 11) is 0. The molecule has 0 atom stereocenters. The summed E-state index contributed by atoms with van der Waals surface area (Å²) in [5, 5.41) is 13.8. The molecule has 0 bridgehead atoms. The standard InChI is InChI=1S/C13H14N2O3/c1-2-10-7-8-11(18-10)9-14-12-5-3-4-6-13(12)15(16)17/h3-8,14H,2,9H2,1H3. The molecule has 0 radical (unpaired) electrons. The number of aryl methyl sites for hydroxylation is 1. The van der Waals surface area contributed by atoms with E-state index in [2.05, 4.69) is 5.32 Å². The Morgan fingerprint density at radius 1 is 1.22 bits per heavy atom. The van der Waals surface area contributed by atoms with Crippen LogP contribution in [0.3, 0.4) is 0 Å². The van der Waals surface area contributed by atoms with Crippen LogP contribution in [0.25, 0.3) is 0 Å². The zero-order valence-corrected chi connectivity index (χ0v) is 10.1. The smallest absolute Gasteiger partial charge is 0.292 e.